The summed E-state index contributed by atoms with van der Waals surface area (Å²) in [6.07, 6.45) is 5.54. The Hall–Kier alpha value is -1.82. The largest absolute Gasteiger partial charge is 0.352 e. The Bertz CT molecular complexity index is 666. The molecule has 1 saturated heterocycles. The first-order valence-electron chi connectivity index (χ1n) is 9.49. The summed E-state index contributed by atoms with van der Waals surface area (Å²) in [4.78, 5) is 27.0. The van der Waals surface area contributed by atoms with Gasteiger partial charge in [-0.05, 0) is 63.9 Å². The van der Waals surface area contributed by atoms with Crippen molar-refractivity contribution in [3.8, 4) is 0 Å². The minimum Gasteiger partial charge on any atom is -0.352 e. The minimum atomic E-state index is -0.678. The molecule has 0 bridgehead atoms. The summed E-state index contributed by atoms with van der Waals surface area (Å²) < 4.78 is 27.2. The third kappa shape index (κ3) is 4.29. The van der Waals surface area contributed by atoms with Crippen LogP contribution in [0.5, 0.6) is 0 Å². The van der Waals surface area contributed by atoms with Crippen LogP contribution in [0.1, 0.15) is 55.8 Å². The van der Waals surface area contributed by atoms with Crippen LogP contribution in [0.2, 0.25) is 0 Å². The number of carbonyl (C=O) groups is 2. The van der Waals surface area contributed by atoms with Crippen LogP contribution in [0, 0.1) is 17.6 Å². The molecular weight excluding hydrogens is 338 g/mol. The Morgan fingerprint density at radius 1 is 1.12 bits per heavy atom. The number of carbonyl (C=O) groups excluding carboxylic acids is 2. The molecule has 2 fully saturated rings. The Balaban J connectivity index is 1.54. The lowest BCUT2D eigenvalue weighted by Crippen LogP contribution is -2.50. The maximum absolute atomic E-state index is 13.8. The quantitative estimate of drug-likeness (QED) is 0.816. The first-order valence-corrected chi connectivity index (χ1v) is 9.49. The average molecular weight is 364 g/mol. The highest BCUT2D eigenvalue weighted by Crippen LogP contribution is 2.25. The number of rotatable bonds is 5. The second-order valence-electron chi connectivity index (χ2n) is 7.46. The lowest BCUT2D eigenvalue weighted by molar-refractivity contribution is -0.127. The Morgan fingerprint density at radius 2 is 1.77 bits per heavy atom. The molecule has 1 aromatic rings. The Labute approximate surface area is 152 Å². The number of nitrogens with one attached hydrogen (secondary N) is 1. The van der Waals surface area contributed by atoms with Crippen LogP contribution < -0.4 is 5.32 Å². The van der Waals surface area contributed by atoms with Gasteiger partial charge in [-0.1, -0.05) is 12.8 Å². The van der Waals surface area contributed by atoms with Crippen LogP contribution in [0.3, 0.4) is 0 Å². The minimum absolute atomic E-state index is 0.0397. The normalized spacial score (nSPS) is 20.9. The smallest absolute Gasteiger partial charge is 0.237 e. The third-order valence-corrected chi connectivity index (χ3v) is 5.72. The molecule has 1 atom stereocenters. The zero-order valence-electron chi connectivity index (χ0n) is 15.1. The van der Waals surface area contributed by atoms with Gasteiger partial charge in [0.2, 0.25) is 5.91 Å². The molecule has 0 aromatic heterocycles. The second kappa shape index (κ2) is 8.25. The van der Waals surface area contributed by atoms with Crippen LogP contribution in [0.25, 0.3) is 0 Å². The van der Waals surface area contributed by atoms with E-state index in [0.29, 0.717) is 32.0 Å². The number of piperidine rings is 1. The van der Waals surface area contributed by atoms with Gasteiger partial charge in [0.25, 0.3) is 0 Å². The van der Waals surface area contributed by atoms with Crippen LogP contribution in [-0.4, -0.2) is 41.8 Å². The summed E-state index contributed by atoms with van der Waals surface area (Å²) >= 11 is 0. The first kappa shape index (κ1) is 19.0. The molecule has 2 aliphatic rings. The fourth-order valence-electron chi connectivity index (χ4n) is 4.01. The van der Waals surface area contributed by atoms with Gasteiger partial charge in [0.1, 0.15) is 11.6 Å². The predicted molar refractivity (Wildman–Crippen MR) is 94.8 cm³/mol. The summed E-state index contributed by atoms with van der Waals surface area (Å²) in [5.41, 5.74) is -0.171. The van der Waals surface area contributed by atoms with Crippen molar-refractivity contribution in [2.45, 2.75) is 57.5 Å². The average Bonchev–Trinajstić information content (AvgIpc) is 3.15. The summed E-state index contributed by atoms with van der Waals surface area (Å²) in [6, 6.07) is 3.03. The molecule has 1 aromatic carbocycles. The van der Waals surface area contributed by atoms with Gasteiger partial charge in [-0.25, -0.2) is 8.78 Å². The van der Waals surface area contributed by atoms with Gasteiger partial charge in [-0.2, -0.15) is 0 Å². The van der Waals surface area contributed by atoms with Gasteiger partial charge in [-0.15, -0.1) is 0 Å². The van der Waals surface area contributed by atoms with Crippen molar-refractivity contribution in [3.63, 3.8) is 0 Å². The van der Waals surface area contributed by atoms with E-state index in [-0.39, 0.29) is 29.2 Å². The molecule has 1 N–H and O–H groups in total. The molecule has 4 nitrogen and oxygen atoms in total. The lowest BCUT2D eigenvalue weighted by atomic mass is 9.88. The fourth-order valence-corrected chi connectivity index (χ4v) is 4.01. The second-order valence-corrected chi connectivity index (χ2v) is 7.46. The van der Waals surface area contributed by atoms with Crippen molar-refractivity contribution in [2.24, 2.45) is 5.92 Å². The van der Waals surface area contributed by atoms with Crippen molar-refractivity contribution < 1.29 is 18.4 Å². The molecule has 1 aliphatic heterocycles. The van der Waals surface area contributed by atoms with Crippen molar-refractivity contribution in [3.05, 3.63) is 35.4 Å². The molecule has 1 heterocycles. The van der Waals surface area contributed by atoms with E-state index in [0.717, 1.165) is 31.0 Å². The summed E-state index contributed by atoms with van der Waals surface area (Å²) in [7, 11) is 0. The number of benzene rings is 1. The summed E-state index contributed by atoms with van der Waals surface area (Å²) in [6.45, 7) is 3.10. The number of nitrogens with zero attached hydrogens (tertiary/aromatic N) is 1. The van der Waals surface area contributed by atoms with Gasteiger partial charge in [0.15, 0.2) is 5.78 Å². The van der Waals surface area contributed by atoms with E-state index in [2.05, 4.69) is 10.2 Å². The SMILES string of the molecule is C[C@@H](C(=O)NC1CCCC1)N1CCC(C(=O)c2cc(F)ccc2F)CC1. The van der Waals surface area contributed by atoms with E-state index in [1.807, 2.05) is 6.92 Å². The molecule has 1 aliphatic carbocycles. The van der Waals surface area contributed by atoms with Gasteiger partial charge < -0.3 is 5.32 Å². The van der Waals surface area contributed by atoms with Crippen molar-refractivity contribution >= 4 is 11.7 Å². The molecule has 26 heavy (non-hydrogen) atoms. The van der Waals surface area contributed by atoms with Gasteiger partial charge in [-0.3, -0.25) is 14.5 Å². The highest BCUT2D eigenvalue weighted by Gasteiger charge is 2.32. The zero-order valence-corrected chi connectivity index (χ0v) is 15.1. The molecular formula is C20H26F2N2O2. The lowest BCUT2D eigenvalue weighted by Gasteiger charge is -2.35. The number of Topliss-reactive ketones (excluding diaryl/α,β-unsaturated/α-hetero) is 1. The maximum Gasteiger partial charge on any atom is 0.237 e. The Kier molecular flexibility index (Phi) is 6.01. The number of amides is 1. The number of halogens is 2. The zero-order chi connectivity index (χ0) is 18.7. The van der Waals surface area contributed by atoms with Crippen molar-refractivity contribution in [1.29, 1.82) is 0 Å². The molecule has 142 valence electrons. The molecule has 6 heteroatoms. The van der Waals surface area contributed by atoms with Crippen LogP contribution in [0.4, 0.5) is 8.78 Å². The van der Waals surface area contributed by atoms with Crippen molar-refractivity contribution in [2.75, 3.05) is 13.1 Å². The van der Waals surface area contributed by atoms with E-state index in [9.17, 15) is 18.4 Å². The number of ketones is 1. The number of likely N-dealkylation sites (tertiary alicyclic amines) is 1. The number of hydrogen-bond acceptors (Lipinski definition) is 3. The molecule has 0 radical (unpaired) electrons. The molecule has 3 rings (SSSR count). The van der Waals surface area contributed by atoms with E-state index in [4.69, 9.17) is 0 Å². The molecule has 1 saturated carbocycles. The predicted octanol–water partition coefficient (Wildman–Crippen LogP) is 3.31. The van der Waals surface area contributed by atoms with E-state index in [1.165, 1.54) is 12.8 Å². The monoisotopic (exact) mass is 364 g/mol. The summed E-state index contributed by atoms with van der Waals surface area (Å²) in [5, 5.41) is 3.11. The van der Waals surface area contributed by atoms with Crippen LogP contribution in [-0.2, 0) is 4.79 Å². The Morgan fingerprint density at radius 3 is 2.42 bits per heavy atom. The topological polar surface area (TPSA) is 49.4 Å². The van der Waals surface area contributed by atoms with Crippen LogP contribution >= 0.6 is 0 Å². The van der Waals surface area contributed by atoms with E-state index in [1.54, 1.807) is 0 Å². The highest BCUT2D eigenvalue weighted by atomic mass is 19.1. The third-order valence-electron chi connectivity index (χ3n) is 5.72. The van der Waals surface area contributed by atoms with E-state index >= 15 is 0 Å². The number of hydrogen-bond donors (Lipinski definition) is 1. The van der Waals surface area contributed by atoms with Gasteiger partial charge in [0, 0.05) is 12.0 Å². The standard InChI is InChI=1S/C20H26F2N2O2/c1-13(20(26)23-16-4-2-3-5-16)24-10-8-14(9-11-24)19(25)17-12-15(21)6-7-18(17)22/h6-7,12-14,16H,2-5,8-11H2,1H3,(H,23,26)/t13-/m0/s1. The maximum atomic E-state index is 13.8. The molecule has 0 unspecified atom stereocenters. The van der Waals surface area contributed by atoms with Gasteiger partial charge >= 0.3 is 0 Å². The summed E-state index contributed by atoms with van der Waals surface area (Å²) in [5.74, 6) is -1.91. The van der Waals surface area contributed by atoms with E-state index < -0.39 is 11.6 Å². The molecule has 0 spiro atoms. The highest BCUT2D eigenvalue weighted by molar-refractivity contribution is 5.98. The molecule has 1 amide bonds. The van der Waals surface area contributed by atoms with Gasteiger partial charge in [0.05, 0.1) is 11.6 Å². The first-order chi connectivity index (χ1) is 12.5. The van der Waals surface area contributed by atoms with Crippen molar-refractivity contribution in [1.82, 2.24) is 10.2 Å². The van der Waals surface area contributed by atoms with Crippen LogP contribution in [0.15, 0.2) is 18.2 Å². The fraction of sp³-hybridized carbons (Fsp3) is 0.600.